The molecule has 0 amide bonds. The second-order valence-corrected chi connectivity index (χ2v) is 12.3. The molecule has 2 nitrogen and oxygen atoms in total. The van der Waals surface area contributed by atoms with Crippen LogP contribution in [0, 0.1) is 0 Å². The predicted octanol–water partition coefficient (Wildman–Crippen LogP) is 12.8. The highest BCUT2D eigenvalue weighted by atomic mass is 32.1. The number of thiophene rings is 1. The van der Waals surface area contributed by atoms with Gasteiger partial charge in [-0.05, 0) is 58.7 Å². The van der Waals surface area contributed by atoms with Gasteiger partial charge in [0.05, 0.1) is 21.5 Å². The highest BCUT2D eigenvalue weighted by Crippen LogP contribution is 2.49. The van der Waals surface area contributed by atoms with Gasteiger partial charge in [-0.3, -0.25) is 0 Å². The van der Waals surface area contributed by atoms with Crippen LogP contribution in [-0.4, -0.2) is 0 Å². The normalized spacial score (nSPS) is 11.6. The number of rotatable bonds is 5. The minimum absolute atomic E-state index is 0.882. The molecule has 9 aromatic rings. The van der Waals surface area contributed by atoms with E-state index in [0.29, 0.717) is 0 Å². The lowest BCUT2D eigenvalue weighted by molar-refractivity contribution is 0.669. The highest BCUT2D eigenvalue weighted by Gasteiger charge is 2.23. The van der Waals surface area contributed by atoms with Gasteiger partial charge in [0, 0.05) is 26.5 Å². The number of fused-ring (bicyclic) bond motifs is 6. The second kappa shape index (κ2) is 10.5. The monoisotopic (exact) mass is 593 g/mol. The Morgan fingerprint density at radius 2 is 1.02 bits per heavy atom. The lowest BCUT2D eigenvalue weighted by Crippen LogP contribution is -2.10. The summed E-state index contributed by atoms with van der Waals surface area (Å²) in [6.45, 7) is 0. The highest BCUT2D eigenvalue weighted by molar-refractivity contribution is 7.27. The van der Waals surface area contributed by atoms with Crippen molar-refractivity contribution in [3.8, 4) is 22.3 Å². The molecule has 212 valence electrons. The molecule has 0 aliphatic rings. The van der Waals surface area contributed by atoms with Gasteiger partial charge >= 0.3 is 0 Å². The average Bonchev–Trinajstić information content (AvgIpc) is 3.69. The van der Waals surface area contributed by atoms with Crippen LogP contribution >= 0.6 is 11.3 Å². The second-order valence-electron chi connectivity index (χ2n) is 11.3. The molecule has 2 heterocycles. The molecule has 0 unspecified atom stereocenters. The van der Waals surface area contributed by atoms with E-state index in [1.807, 2.05) is 17.4 Å². The molecule has 2 aromatic heterocycles. The van der Waals surface area contributed by atoms with Crippen LogP contribution in [0.3, 0.4) is 0 Å². The van der Waals surface area contributed by atoms with Gasteiger partial charge in [-0.1, -0.05) is 127 Å². The lowest BCUT2D eigenvalue weighted by atomic mass is 10.0. The molecule has 0 radical (unpaired) electrons. The van der Waals surface area contributed by atoms with Crippen molar-refractivity contribution in [2.75, 3.05) is 4.90 Å². The van der Waals surface area contributed by atoms with Crippen molar-refractivity contribution < 1.29 is 4.42 Å². The first-order valence-electron chi connectivity index (χ1n) is 15.2. The summed E-state index contributed by atoms with van der Waals surface area (Å²) < 4.78 is 8.94. The van der Waals surface area contributed by atoms with Crippen LogP contribution in [-0.2, 0) is 0 Å². The number of benzene rings is 7. The van der Waals surface area contributed by atoms with E-state index in [1.165, 1.54) is 42.4 Å². The zero-order chi connectivity index (χ0) is 29.7. The minimum Gasteiger partial charge on any atom is -0.456 e. The summed E-state index contributed by atoms with van der Waals surface area (Å²) in [6, 6.07) is 58.3. The van der Waals surface area contributed by atoms with Crippen molar-refractivity contribution in [1.82, 2.24) is 0 Å². The van der Waals surface area contributed by atoms with Crippen LogP contribution < -0.4 is 4.90 Å². The van der Waals surface area contributed by atoms with E-state index in [-0.39, 0.29) is 0 Å². The summed E-state index contributed by atoms with van der Waals surface area (Å²) >= 11 is 1.87. The van der Waals surface area contributed by atoms with Crippen molar-refractivity contribution in [1.29, 1.82) is 0 Å². The van der Waals surface area contributed by atoms with Crippen LogP contribution in [0.4, 0.5) is 17.1 Å². The van der Waals surface area contributed by atoms with Crippen LogP contribution in [0.15, 0.2) is 168 Å². The third-order valence-electron chi connectivity index (χ3n) is 8.66. The van der Waals surface area contributed by atoms with E-state index in [1.54, 1.807) is 0 Å². The van der Waals surface area contributed by atoms with Crippen molar-refractivity contribution in [2.24, 2.45) is 0 Å². The third-order valence-corrected chi connectivity index (χ3v) is 9.94. The number of hydrogen-bond donors (Lipinski definition) is 0. The molecule has 0 aliphatic carbocycles. The average molecular weight is 594 g/mol. The van der Waals surface area contributed by atoms with Crippen molar-refractivity contribution in [3.63, 3.8) is 0 Å². The molecule has 0 atom stereocenters. The van der Waals surface area contributed by atoms with Crippen molar-refractivity contribution >= 4 is 70.5 Å². The molecule has 45 heavy (non-hydrogen) atoms. The van der Waals surface area contributed by atoms with Crippen molar-refractivity contribution in [2.45, 2.75) is 0 Å². The fraction of sp³-hybridized carbons (Fsp3) is 0. The van der Waals surface area contributed by atoms with E-state index in [9.17, 15) is 0 Å². The van der Waals surface area contributed by atoms with Gasteiger partial charge in [-0.2, -0.15) is 0 Å². The number of para-hydroxylation sites is 1. The Morgan fingerprint density at radius 1 is 0.422 bits per heavy atom. The Labute approximate surface area is 265 Å². The Morgan fingerprint density at radius 3 is 1.87 bits per heavy atom. The van der Waals surface area contributed by atoms with Gasteiger partial charge in [0.25, 0.3) is 0 Å². The van der Waals surface area contributed by atoms with Gasteiger partial charge in [0.1, 0.15) is 11.2 Å². The number of hydrogen-bond acceptors (Lipinski definition) is 3. The molecule has 3 heteroatoms. The first kappa shape index (κ1) is 25.8. The fourth-order valence-electron chi connectivity index (χ4n) is 6.63. The predicted molar refractivity (Wildman–Crippen MR) is 192 cm³/mol. The van der Waals surface area contributed by atoms with E-state index < -0.39 is 0 Å². The van der Waals surface area contributed by atoms with Crippen LogP contribution in [0.2, 0.25) is 0 Å². The van der Waals surface area contributed by atoms with Crippen LogP contribution in [0.5, 0.6) is 0 Å². The summed E-state index contributed by atoms with van der Waals surface area (Å²) in [5.74, 6) is 0. The lowest BCUT2D eigenvalue weighted by Gasteiger charge is -2.27. The Balaban J connectivity index is 1.35. The Hall–Kier alpha value is -5.64. The van der Waals surface area contributed by atoms with E-state index in [4.69, 9.17) is 4.42 Å². The quantitative estimate of drug-likeness (QED) is 0.197. The maximum absolute atomic E-state index is 6.38. The first-order chi connectivity index (χ1) is 22.3. The Bertz CT molecular complexity index is 2490. The fourth-order valence-corrected chi connectivity index (χ4v) is 7.97. The summed E-state index contributed by atoms with van der Waals surface area (Å²) in [7, 11) is 0. The molecule has 0 fully saturated rings. The summed E-state index contributed by atoms with van der Waals surface area (Å²) in [5.41, 5.74) is 9.99. The van der Waals surface area contributed by atoms with Gasteiger partial charge < -0.3 is 9.32 Å². The smallest absolute Gasteiger partial charge is 0.137 e. The van der Waals surface area contributed by atoms with E-state index in [2.05, 4.69) is 163 Å². The molecule has 9 rings (SSSR count). The molecule has 0 saturated carbocycles. The molecule has 0 aliphatic heterocycles. The van der Waals surface area contributed by atoms with Gasteiger partial charge in [-0.15, -0.1) is 11.3 Å². The topological polar surface area (TPSA) is 16.4 Å². The Kier molecular flexibility index (Phi) is 6.03. The molecule has 0 spiro atoms. The molecule has 0 N–H and O–H groups in total. The summed E-state index contributed by atoms with van der Waals surface area (Å²) in [4.78, 5) is 2.43. The molecule has 7 aromatic carbocycles. The zero-order valence-corrected chi connectivity index (χ0v) is 25.2. The minimum atomic E-state index is 0.882. The van der Waals surface area contributed by atoms with Crippen LogP contribution in [0.25, 0.3) is 64.4 Å². The van der Waals surface area contributed by atoms with E-state index >= 15 is 0 Å². The molecular formula is C42H27NOS. The standard InChI is InChI=1S/C42H27NOS/c1-3-13-28(14-4-1)30-17-9-18-31(27-30)43(36-23-12-26-39-40(36)35-19-7-8-25-38(35)44-39)37-24-11-22-34-33-21-10-20-32(41(33)45-42(34)37)29-15-5-2-6-16-29/h1-27H. The summed E-state index contributed by atoms with van der Waals surface area (Å²) in [6.07, 6.45) is 0. The number of anilines is 3. The van der Waals surface area contributed by atoms with Gasteiger partial charge in [0.15, 0.2) is 0 Å². The van der Waals surface area contributed by atoms with Gasteiger partial charge in [0.2, 0.25) is 0 Å². The van der Waals surface area contributed by atoms with Gasteiger partial charge in [-0.25, -0.2) is 0 Å². The molecule has 0 saturated heterocycles. The third kappa shape index (κ3) is 4.24. The zero-order valence-electron chi connectivity index (χ0n) is 24.4. The van der Waals surface area contributed by atoms with Crippen molar-refractivity contribution in [3.05, 3.63) is 164 Å². The molecule has 0 bridgehead atoms. The maximum Gasteiger partial charge on any atom is 0.137 e. The first-order valence-corrected chi connectivity index (χ1v) is 16.0. The summed E-state index contributed by atoms with van der Waals surface area (Å²) in [5, 5.41) is 4.77. The largest absolute Gasteiger partial charge is 0.456 e. The SMILES string of the molecule is c1ccc(-c2cccc(N(c3cccc4c3sc3c(-c5ccccc5)cccc34)c3cccc4oc5ccccc5c34)c2)cc1. The number of nitrogens with zero attached hydrogens (tertiary/aromatic N) is 1. The maximum atomic E-state index is 6.38. The number of furan rings is 1. The van der Waals surface area contributed by atoms with Crippen LogP contribution in [0.1, 0.15) is 0 Å². The van der Waals surface area contributed by atoms with E-state index in [0.717, 1.165) is 39.0 Å². The molecular weight excluding hydrogens is 567 g/mol.